The number of rotatable bonds is 7. The predicted octanol–water partition coefficient (Wildman–Crippen LogP) is 1.87. The van der Waals surface area contributed by atoms with Crippen LogP contribution >= 0.6 is 0 Å². The maximum atomic E-state index is 12.8. The summed E-state index contributed by atoms with van der Waals surface area (Å²) in [5, 5.41) is 18.1. The fourth-order valence-electron chi connectivity index (χ4n) is 2.53. The van der Waals surface area contributed by atoms with Crippen LogP contribution in [0.5, 0.6) is 0 Å². The summed E-state index contributed by atoms with van der Waals surface area (Å²) in [7, 11) is 0. The first-order valence-electron chi connectivity index (χ1n) is 7.71. The van der Waals surface area contributed by atoms with Gasteiger partial charge in [0.05, 0.1) is 12.3 Å². The predicted molar refractivity (Wildman–Crippen MR) is 89.1 cm³/mol. The molecule has 0 atom stereocenters. The molecule has 23 heavy (non-hydrogen) atoms. The molecular formula is C18H22N2O3. The lowest BCUT2D eigenvalue weighted by atomic mass is 9.98. The highest BCUT2D eigenvalue weighted by Crippen LogP contribution is 2.24. The van der Waals surface area contributed by atoms with Gasteiger partial charge in [0.15, 0.2) is 0 Å². The summed E-state index contributed by atoms with van der Waals surface area (Å²) in [6, 6.07) is 11.2. The van der Waals surface area contributed by atoms with Gasteiger partial charge in [-0.15, -0.1) is 0 Å². The maximum Gasteiger partial charge on any atom is 0.254 e. The lowest BCUT2D eigenvalue weighted by Gasteiger charge is -2.23. The third-order valence-corrected chi connectivity index (χ3v) is 3.75. The van der Waals surface area contributed by atoms with Crippen LogP contribution in [0.25, 0.3) is 11.3 Å². The molecule has 5 heteroatoms. The van der Waals surface area contributed by atoms with E-state index < -0.39 is 0 Å². The van der Waals surface area contributed by atoms with Crippen LogP contribution in [0.3, 0.4) is 0 Å². The van der Waals surface area contributed by atoms with Crippen LogP contribution in [-0.4, -0.2) is 52.3 Å². The minimum Gasteiger partial charge on any atom is -0.396 e. The lowest BCUT2D eigenvalue weighted by Crippen LogP contribution is -2.35. The average Bonchev–Trinajstić information content (AvgIpc) is 2.59. The van der Waals surface area contributed by atoms with Crippen molar-refractivity contribution in [1.29, 1.82) is 0 Å². The van der Waals surface area contributed by atoms with Crippen molar-refractivity contribution in [2.75, 3.05) is 26.3 Å². The number of carbonyl (C=O) groups excluding carboxylic acids is 1. The molecular weight excluding hydrogens is 292 g/mol. The fourth-order valence-corrected chi connectivity index (χ4v) is 2.53. The number of benzene rings is 1. The molecule has 2 N–H and O–H groups in total. The molecule has 0 saturated carbocycles. The van der Waals surface area contributed by atoms with Crippen molar-refractivity contribution in [3.05, 3.63) is 53.7 Å². The number of carbonyl (C=O) groups is 1. The highest BCUT2D eigenvalue weighted by atomic mass is 16.3. The molecule has 1 aromatic carbocycles. The van der Waals surface area contributed by atoms with Crippen molar-refractivity contribution in [3.63, 3.8) is 0 Å². The smallest absolute Gasteiger partial charge is 0.254 e. The van der Waals surface area contributed by atoms with Crippen LogP contribution in [0.4, 0.5) is 0 Å². The average molecular weight is 314 g/mol. The van der Waals surface area contributed by atoms with E-state index in [1.165, 1.54) is 0 Å². The zero-order valence-corrected chi connectivity index (χ0v) is 13.3. The third-order valence-electron chi connectivity index (χ3n) is 3.75. The summed E-state index contributed by atoms with van der Waals surface area (Å²) < 4.78 is 0. The van der Waals surface area contributed by atoms with Gasteiger partial charge in [0.2, 0.25) is 0 Å². The van der Waals surface area contributed by atoms with E-state index >= 15 is 0 Å². The van der Waals surface area contributed by atoms with Gasteiger partial charge in [-0.25, -0.2) is 0 Å². The summed E-state index contributed by atoms with van der Waals surface area (Å²) in [4.78, 5) is 18.7. The molecule has 2 aromatic rings. The van der Waals surface area contributed by atoms with Gasteiger partial charge in [-0.05, 0) is 37.1 Å². The summed E-state index contributed by atoms with van der Waals surface area (Å²) >= 11 is 0. The number of nitrogens with zero attached hydrogens (tertiary/aromatic N) is 2. The Morgan fingerprint density at radius 1 is 1.09 bits per heavy atom. The molecule has 122 valence electrons. The number of amides is 1. The quantitative estimate of drug-likeness (QED) is 0.818. The number of aliphatic hydroxyl groups excluding tert-OH is 2. The van der Waals surface area contributed by atoms with Gasteiger partial charge < -0.3 is 15.1 Å². The molecule has 0 bridgehead atoms. The second-order valence-electron chi connectivity index (χ2n) is 5.29. The topological polar surface area (TPSA) is 73.7 Å². The van der Waals surface area contributed by atoms with Crippen LogP contribution in [0.1, 0.15) is 22.3 Å². The SMILES string of the molecule is Cc1c(C(=O)N(CCO)CCCO)cccc1-c1ccccn1. The second kappa shape index (κ2) is 8.41. The number of pyridine rings is 1. The van der Waals surface area contributed by atoms with Gasteiger partial charge in [0.25, 0.3) is 5.91 Å². The van der Waals surface area contributed by atoms with E-state index in [1.54, 1.807) is 17.2 Å². The van der Waals surface area contributed by atoms with Gasteiger partial charge in [-0.1, -0.05) is 18.2 Å². The Hall–Kier alpha value is -2.24. The van der Waals surface area contributed by atoms with Crippen LogP contribution in [0.2, 0.25) is 0 Å². The summed E-state index contributed by atoms with van der Waals surface area (Å²) in [6.45, 7) is 2.49. The zero-order chi connectivity index (χ0) is 16.7. The van der Waals surface area contributed by atoms with Gasteiger partial charge in [-0.3, -0.25) is 9.78 Å². The van der Waals surface area contributed by atoms with Crippen molar-refractivity contribution in [3.8, 4) is 11.3 Å². The molecule has 0 aliphatic carbocycles. The Balaban J connectivity index is 2.33. The number of aromatic nitrogens is 1. The van der Waals surface area contributed by atoms with Crippen LogP contribution in [0.15, 0.2) is 42.6 Å². The van der Waals surface area contributed by atoms with Gasteiger partial charge in [0.1, 0.15) is 0 Å². The Kier molecular flexibility index (Phi) is 6.26. The first-order valence-corrected chi connectivity index (χ1v) is 7.71. The lowest BCUT2D eigenvalue weighted by molar-refractivity contribution is 0.0709. The highest BCUT2D eigenvalue weighted by Gasteiger charge is 2.18. The standard InChI is InChI=1S/C18H22N2O3/c1-14-15(17-8-2-3-9-19-17)6-4-7-16(14)18(23)20(11-13-22)10-5-12-21/h2-4,6-9,21-22H,5,10-13H2,1H3. The van der Waals surface area contributed by atoms with E-state index in [9.17, 15) is 4.79 Å². The largest absolute Gasteiger partial charge is 0.396 e. The number of hydrogen-bond acceptors (Lipinski definition) is 4. The Labute approximate surface area is 136 Å². The van der Waals surface area contributed by atoms with Crippen molar-refractivity contribution < 1.29 is 15.0 Å². The van der Waals surface area contributed by atoms with Gasteiger partial charge >= 0.3 is 0 Å². The van der Waals surface area contributed by atoms with E-state index in [1.807, 2.05) is 37.3 Å². The molecule has 5 nitrogen and oxygen atoms in total. The normalized spacial score (nSPS) is 10.6. The Bertz CT molecular complexity index is 644. The van der Waals surface area contributed by atoms with Crippen molar-refractivity contribution >= 4 is 5.91 Å². The highest BCUT2D eigenvalue weighted by molar-refractivity contribution is 5.97. The molecule has 0 aliphatic heterocycles. The minimum atomic E-state index is -0.136. The van der Waals surface area contributed by atoms with Crippen LogP contribution < -0.4 is 0 Å². The van der Waals surface area contributed by atoms with E-state index in [0.717, 1.165) is 16.8 Å². The first-order chi connectivity index (χ1) is 11.2. The van der Waals surface area contributed by atoms with E-state index in [2.05, 4.69) is 4.98 Å². The van der Waals surface area contributed by atoms with E-state index in [4.69, 9.17) is 10.2 Å². The van der Waals surface area contributed by atoms with Crippen LogP contribution in [-0.2, 0) is 0 Å². The maximum absolute atomic E-state index is 12.8. The molecule has 1 amide bonds. The van der Waals surface area contributed by atoms with Crippen molar-refractivity contribution in [1.82, 2.24) is 9.88 Å². The molecule has 0 spiro atoms. The third kappa shape index (κ3) is 4.15. The van der Waals surface area contributed by atoms with E-state index in [-0.39, 0.29) is 25.7 Å². The molecule has 1 heterocycles. The summed E-state index contributed by atoms with van der Waals surface area (Å²) in [6.07, 6.45) is 2.22. The summed E-state index contributed by atoms with van der Waals surface area (Å²) in [5.74, 6) is -0.136. The molecule has 0 saturated heterocycles. The Morgan fingerprint density at radius 3 is 2.57 bits per heavy atom. The van der Waals surface area contributed by atoms with Crippen LogP contribution in [0, 0.1) is 6.92 Å². The van der Waals surface area contributed by atoms with Crippen molar-refractivity contribution in [2.45, 2.75) is 13.3 Å². The summed E-state index contributed by atoms with van der Waals surface area (Å²) in [5.41, 5.74) is 3.20. The molecule has 2 rings (SSSR count). The minimum absolute atomic E-state index is 0.0160. The first kappa shape index (κ1) is 17.1. The molecule has 1 aromatic heterocycles. The van der Waals surface area contributed by atoms with Gasteiger partial charge in [0, 0.05) is 37.0 Å². The fraction of sp³-hybridized carbons (Fsp3) is 0.333. The molecule has 0 unspecified atom stereocenters. The molecule has 0 fully saturated rings. The number of aliphatic hydroxyl groups is 2. The monoisotopic (exact) mass is 314 g/mol. The molecule has 0 aliphatic rings. The van der Waals surface area contributed by atoms with Gasteiger partial charge in [-0.2, -0.15) is 0 Å². The zero-order valence-electron chi connectivity index (χ0n) is 13.3. The van der Waals surface area contributed by atoms with Crippen molar-refractivity contribution in [2.24, 2.45) is 0 Å². The molecule has 0 radical (unpaired) electrons. The number of hydrogen-bond donors (Lipinski definition) is 2. The Morgan fingerprint density at radius 2 is 1.91 bits per heavy atom. The van der Waals surface area contributed by atoms with E-state index in [0.29, 0.717) is 18.5 Å². The second-order valence-corrected chi connectivity index (χ2v) is 5.29.